The summed E-state index contributed by atoms with van der Waals surface area (Å²) in [7, 11) is -2.19. The van der Waals surface area contributed by atoms with Gasteiger partial charge in [0.25, 0.3) is 0 Å². The summed E-state index contributed by atoms with van der Waals surface area (Å²) >= 11 is 0. The Hall–Kier alpha value is -3.07. The third-order valence-electron chi connectivity index (χ3n) is 5.39. The molecule has 0 radical (unpaired) electrons. The monoisotopic (exact) mass is 489 g/mol. The molecule has 0 spiro atoms. The molecule has 0 aliphatic carbocycles. The zero-order valence-corrected chi connectivity index (χ0v) is 21.4. The zero-order chi connectivity index (χ0) is 25.3. The number of benzene rings is 2. The minimum Gasteiger partial charge on any atom is -0.497 e. The van der Waals surface area contributed by atoms with Crippen molar-refractivity contribution in [2.24, 2.45) is 0 Å². The van der Waals surface area contributed by atoms with Crippen molar-refractivity contribution in [3.05, 3.63) is 59.7 Å². The van der Waals surface area contributed by atoms with Gasteiger partial charge in [-0.15, -0.1) is 0 Å². The highest BCUT2D eigenvalue weighted by Gasteiger charge is 2.31. The van der Waals surface area contributed by atoms with E-state index in [9.17, 15) is 18.0 Å². The number of aryl methyl sites for hydroxylation is 1. The van der Waals surface area contributed by atoms with Gasteiger partial charge in [0.1, 0.15) is 18.3 Å². The van der Waals surface area contributed by atoms with E-state index >= 15 is 0 Å². The molecule has 0 aromatic heterocycles. The summed E-state index contributed by atoms with van der Waals surface area (Å²) in [5.41, 5.74) is 2.05. The highest BCUT2D eigenvalue weighted by Crippen LogP contribution is 2.21. The summed E-state index contributed by atoms with van der Waals surface area (Å²) in [5, 5.41) is 2.86. The number of hydrogen-bond donors (Lipinski definition) is 1. The third-order valence-corrected chi connectivity index (χ3v) is 6.53. The lowest BCUT2D eigenvalue weighted by Gasteiger charge is -2.33. The highest BCUT2D eigenvalue weighted by molar-refractivity contribution is 7.92. The van der Waals surface area contributed by atoms with E-state index in [-0.39, 0.29) is 12.5 Å². The van der Waals surface area contributed by atoms with Crippen LogP contribution in [0.5, 0.6) is 5.75 Å². The molecule has 2 rings (SSSR count). The summed E-state index contributed by atoms with van der Waals surface area (Å²) in [5.74, 6) is -0.0961. The zero-order valence-electron chi connectivity index (χ0n) is 20.6. The van der Waals surface area contributed by atoms with Crippen LogP contribution in [-0.2, 0) is 26.2 Å². The number of rotatable bonds is 12. The van der Waals surface area contributed by atoms with Crippen LogP contribution in [0.15, 0.2) is 48.5 Å². The second-order valence-corrected chi connectivity index (χ2v) is 10.1. The predicted molar refractivity (Wildman–Crippen MR) is 134 cm³/mol. The normalized spacial score (nSPS) is 12.0. The van der Waals surface area contributed by atoms with Gasteiger partial charge in [0.05, 0.1) is 19.1 Å². The number of methoxy groups -OCH3 is 1. The fraction of sp³-hybridized carbons (Fsp3) is 0.440. The first-order chi connectivity index (χ1) is 16.1. The number of carbonyl (C=O) groups is 2. The minimum absolute atomic E-state index is 0.138. The summed E-state index contributed by atoms with van der Waals surface area (Å²) < 4.78 is 31.6. The Kier molecular flexibility index (Phi) is 9.92. The van der Waals surface area contributed by atoms with Crippen molar-refractivity contribution in [2.75, 3.05) is 30.8 Å². The van der Waals surface area contributed by atoms with Crippen LogP contribution in [0.2, 0.25) is 0 Å². The van der Waals surface area contributed by atoms with Gasteiger partial charge in [-0.2, -0.15) is 0 Å². The molecule has 0 saturated heterocycles. The first-order valence-corrected chi connectivity index (χ1v) is 13.2. The maximum absolute atomic E-state index is 13.6. The minimum atomic E-state index is -3.75. The molecule has 0 bridgehead atoms. The SMILES string of the molecule is CCCNC(=O)C(CC)N(Cc1cccc(OC)c1)C(=O)CN(c1cccc(C)c1)S(C)(=O)=O. The van der Waals surface area contributed by atoms with Gasteiger partial charge in [-0.1, -0.05) is 38.1 Å². The summed E-state index contributed by atoms with van der Waals surface area (Å²) in [6.07, 6.45) is 2.22. The largest absolute Gasteiger partial charge is 0.497 e. The van der Waals surface area contributed by atoms with Crippen molar-refractivity contribution >= 4 is 27.5 Å². The smallest absolute Gasteiger partial charge is 0.244 e. The second-order valence-electron chi connectivity index (χ2n) is 8.20. The Balaban J connectivity index is 2.43. The van der Waals surface area contributed by atoms with E-state index < -0.39 is 28.5 Å². The Labute approximate surface area is 202 Å². The molecule has 0 saturated carbocycles. The molecule has 0 fully saturated rings. The van der Waals surface area contributed by atoms with Crippen molar-refractivity contribution in [3.63, 3.8) is 0 Å². The van der Waals surface area contributed by atoms with Gasteiger partial charge < -0.3 is 15.0 Å². The Morgan fingerprint density at radius 1 is 1.09 bits per heavy atom. The molecule has 2 aromatic rings. The van der Waals surface area contributed by atoms with Crippen LogP contribution in [0.3, 0.4) is 0 Å². The van der Waals surface area contributed by atoms with E-state index in [0.29, 0.717) is 24.4 Å². The van der Waals surface area contributed by atoms with Gasteiger partial charge in [0.15, 0.2) is 0 Å². The molecule has 2 amide bonds. The lowest BCUT2D eigenvalue weighted by atomic mass is 10.1. The van der Waals surface area contributed by atoms with Crippen LogP contribution in [0.25, 0.3) is 0 Å². The van der Waals surface area contributed by atoms with Crippen molar-refractivity contribution in [3.8, 4) is 5.75 Å². The molecule has 8 nitrogen and oxygen atoms in total. The van der Waals surface area contributed by atoms with Crippen LogP contribution in [0, 0.1) is 6.92 Å². The third kappa shape index (κ3) is 7.48. The molecule has 1 unspecified atom stereocenters. The van der Waals surface area contributed by atoms with Gasteiger partial charge >= 0.3 is 0 Å². The molecule has 34 heavy (non-hydrogen) atoms. The summed E-state index contributed by atoms with van der Waals surface area (Å²) in [6, 6.07) is 13.5. The molecule has 9 heteroatoms. The molecular formula is C25H35N3O5S. The molecular weight excluding hydrogens is 454 g/mol. The maximum atomic E-state index is 13.6. The standard InChI is InChI=1S/C25H35N3O5S/c1-6-14-26-25(30)23(7-2)27(17-20-11-9-13-22(16-20)33-4)24(29)18-28(34(5,31)32)21-12-8-10-19(3)15-21/h8-13,15-16,23H,6-7,14,17-18H2,1-5H3,(H,26,30). The quantitative estimate of drug-likeness (QED) is 0.494. The van der Waals surface area contributed by atoms with Crippen molar-refractivity contribution in [1.82, 2.24) is 10.2 Å². The van der Waals surface area contributed by atoms with Gasteiger partial charge in [0, 0.05) is 13.1 Å². The number of anilines is 1. The Bertz CT molecular complexity index is 1090. The first-order valence-electron chi connectivity index (χ1n) is 11.3. The van der Waals surface area contributed by atoms with Gasteiger partial charge in [-0.3, -0.25) is 13.9 Å². The van der Waals surface area contributed by atoms with E-state index in [1.165, 1.54) is 4.90 Å². The van der Waals surface area contributed by atoms with Crippen LogP contribution >= 0.6 is 0 Å². The van der Waals surface area contributed by atoms with E-state index in [0.717, 1.165) is 28.1 Å². The van der Waals surface area contributed by atoms with E-state index in [1.807, 2.05) is 39.0 Å². The van der Waals surface area contributed by atoms with E-state index in [4.69, 9.17) is 4.74 Å². The number of carbonyl (C=O) groups excluding carboxylic acids is 2. The average Bonchev–Trinajstić information content (AvgIpc) is 2.80. The highest BCUT2D eigenvalue weighted by atomic mass is 32.2. The molecule has 186 valence electrons. The van der Waals surface area contributed by atoms with Crippen LogP contribution < -0.4 is 14.4 Å². The summed E-state index contributed by atoms with van der Waals surface area (Å²) in [4.78, 5) is 28.0. The van der Waals surface area contributed by atoms with Crippen molar-refractivity contribution in [1.29, 1.82) is 0 Å². The molecule has 1 N–H and O–H groups in total. The van der Waals surface area contributed by atoms with Crippen molar-refractivity contribution in [2.45, 2.75) is 46.2 Å². The number of nitrogens with one attached hydrogen (secondary N) is 1. The molecule has 1 atom stereocenters. The molecule has 2 aromatic carbocycles. The van der Waals surface area contributed by atoms with Crippen molar-refractivity contribution < 1.29 is 22.7 Å². The van der Waals surface area contributed by atoms with E-state index in [2.05, 4.69) is 5.32 Å². The average molecular weight is 490 g/mol. The topological polar surface area (TPSA) is 96.0 Å². The number of nitrogens with zero attached hydrogens (tertiary/aromatic N) is 2. The fourth-order valence-corrected chi connectivity index (χ4v) is 4.49. The number of amides is 2. The lowest BCUT2D eigenvalue weighted by Crippen LogP contribution is -2.52. The van der Waals surface area contributed by atoms with Gasteiger partial charge in [0.2, 0.25) is 21.8 Å². The number of hydrogen-bond acceptors (Lipinski definition) is 5. The molecule has 0 aliphatic heterocycles. The summed E-state index contributed by atoms with van der Waals surface area (Å²) in [6.45, 7) is 5.85. The number of ether oxygens (including phenoxy) is 1. The van der Waals surface area contributed by atoms with Gasteiger partial charge in [-0.05, 0) is 55.2 Å². The van der Waals surface area contributed by atoms with Crippen LogP contribution in [-0.4, -0.2) is 57.6 Å². The van der Waals surface area contributed by atoms with E-state index in [1.54, 1.807) is 37.4 Å². The Morgan fingerprint density at radius 2 is 1.79 bits per heavy atom. The van der Waals surface area contributed by atoms with Crippen LogP contribution in [0.4, 0.5) is 5.69 Å². The lowest BCUT2D eigenvalue weighted by molar-refractivity contribution is -0.140. The molecule has 0 heterocycles. The van der Waals surface area contributed by atoms with Crippen LogP contribution in [0.1, 0.15) is 37.8 Å². The maximum Gasteiger partial charge on any atom is 0.244 e. The second kappa shape index (κ2) is 12.4. The number of sulfonamides is 1. The van der Waals surface area contributed by atoms with Gasteiger partial charge in [-0.25, -0.2) is 8.42 Å². The molecule has 0 aliphatic rings. The fourth-order valence-electron chi connectivity index (χ4n) is 3.65. The Morgan fingerprint density at radius 3 is 2.38 bits per heavy atom. The first kappa shape index (κ1) is 27.2. The predicted octanol–water partition coefficient (Wildman–Crippen LogP) is 3.10.